The number of fused-ring (bicyclic) bond motifs is 1. The fraction of sp³-hybridized carbons (Fsp3) is 0.611. The molecule has 2 aliphatic rings. The number of carbonyl (C=O) groups is 1. The standard InChI is InChI=1S/C18H25NO2/c1-2-7-18(17(20)21)8-10-19(11-9-18)16-12-14-5-3-4-6-15(14)13-16/h3-6,16H,2,7-13H2,1H3,(H,20,21). The van der Waals surface area contributed by atoms with Crippen LogP contribution in [0.4, 0.5) is 0 Å². The van der Waals surface area contributed by atoms with Crippen LogP contribution in [0, 0.1) is 5.41 Å². The van der Waals surface area contributed by atoms with Gasteiger partial charge in [0.15, 0.2) is 0 Å². The van der Waals surface area contributed by atoms with Crippen LogP contribution < -0.4 is 0 Å². The van der Waals surface area contributed by atoms with Gasteiger partial charge in [-0.15, -0.1) is 0 Å². The van der Waals surface area contributed by atoms with Gasteiger partial charge in [0.1, 0.15) is 0 Å². The summed E-state index contributed by atoms with van der Waals surface area (Å²) < 4.78 is 0. The second-order valence-corrected chi connectivity index (χ2v) is 6.70. The Labute approximate surface area is 127 Å². The van der Waals surface area contributed by atoms with Gasteiger partial charge in [-0.1, -0.05) is 37.6 Å². The molecular weight excluding hydrogens is 262 g/mol. The molecule has 1 aromatic rings. The summed E-state index contributed by atoms with van der Waals surface area (Å²) in [5.41, 5.74) is 2.49. The zero-order chi connectivity index (χ0) is 14.9. The van der Waals surface area contributed by atoms with Crippen LogP contribution >= 0.6 is 0 Å². The normalized spacial score (nSPS) is 22.1. The molecule has 0 spiro atoms. The minimum atomic E-state index is -0.585. The summed E-state index contributed by atoms with van der Waals surface area (Å²) in [6.45, 7) is 3.96. The molecule has 1 aliphatic heterocycles. The largest absolute Gasteiger partial charge is 0.481 e. The van der Waals surface area contributed by atoms with Gasteiger partial charge in [0.05, 0.1) is 5.41 Å². The zero-order valence-corrected chi connectivity index (χ0v) is 12.8. The lowest BCUT2D eigenvalue weighted by atomic mass is 9.74. The summed E-state index contributed by atoms with van der Waals surface area (Å²) in [4.78, 5) is 14.2. The maximum atomic E-state index is 11.7. The summed E-state index contributed by atoms with van der Waals surface area (Å²) in [7, 11) is 0. The zero-order valence-electron chi connectivity index (χ0n) is 12.8. The highest BCUT2D eigenvalue weighted by molar-refractivity contribution is 5.74. The van der Waals surface area contributed by atoms with Crippen LogP contribution in [0.5, 0.6) is 0 Å². The number of aliphatic carboxylic acids is 1. The van der Waals surface area contributed by atoms with Crippen LogP contribution in [-0.2, 0) is 17.6 Å². The fourth-order valence-corrected chi connectivity index (χ4v) is 4.16. The maximum Gasteiger partial charge on any atom is 0.309 e. The van der Waals surface area contributed by atoms with Crippen molar-refractivity contribution in [2.24, 2.45) is 5.41 Å². The van der Waals surface area contributed by atoms with Crippen molar-refractivity contribution in [2.75, 3.05) is 13.1 Å². The quantitative estimate of drug-likeness (QED) is 0.925. The molecule has 1 aromatic carbocycles. The molecule has 114 valence electrons. The molecule has 0 unspecified atom stereocenters. The van der Waals surface area contributed by atoms with Crippen molar-refractivity contribution < 1.29 is 9.90 Å². The first-order chi connectivity index (χ1) is 10.1. The summed E-state index contributed by atoms with van der Waals surface area (Å²) >= 11 is 0. The number of carboxylic acids is 1. The number of hydrogen-bond donors (Lipinski definition) is 1. The topological polar surface area (TPSA) is 40.5 Å². The Balaban J connectivity index is 1.63. The Morgan fingerprint density at radius 1 is 1.24 bits per heavy atom. The molecule has 0 saturated carbocycles. The van der Waals surface area contributed by atoms with Crippen LogP contribution in [0.3, 0.4) is 0 Å². The van der Waals surface area contributed by atoms with Crippen molar-refractivity contribution in [3.63, 3.8) is 0 Å². The highest BCUT2D eigenvalue weighted by Gasteiger charge is 2.42. The summed E-state index contributed by atoms with van der Waals surface area (Å²) in [6.07, 6.45) is 5.66. The van der Waals surface area contributed by atoms with E-state index in [0.717, 1.165) is 51.6 Å². The van der Waals surface area contributed by atoms with E-state index in [1.807, 2.05) is 0 Å². The monoisotopic (exact) mass is 287 g/mol. The van der Waals surface area contributed by atoms with Gasteiger partial charge in [0.2, 0.25) is 0 Å². The molecule has 1 fully saturated rings. The predicted octanol–water partition coefficient (Wildman–Crippen LogP) is 3.12. The van der Waals surface area contributed by atoms with E-state index in [1.54, 1.807) is 0 Å². The Kier molecular flexibility index (Phi) is 4.03. The Morgan fingerprint density at radius 3 is 2.29 bits per heavy atom. The van der Waals surface area contributed by atoms with E-state index < -0.39 is 11.4 Å². The highest BCUT2D eigenvalue weighted by atomic mass is 16.4. The van der Waals surface area contributed by atoms with Crippen LogP contribution in [0.15, 0.2) is 24.3 Å². The van der Waals surface area contributed by atoms with Crippen LogP contribution in [0.25, 0.3) is 0 Å². The summed E-state index contributed by atoms with van der Waals surface area (Å²) in [5.74, 6) is -0.585. The van der Waals surface area contributed by atoms with Crippen molar-refractivity contribution in [1.82, 2.24) is 4.90 Å². The summed E-state index contributed by atoms with van der Waals surface area (Å²) in [6, 6.07) is 9.29. The van der Waals surface area contributed by atoms with Gasteiger partial charge < -0.3 is 5.11 Å². The van der Waals surface area contributed by atoms with Gasteiger partial charge in [-0.2, -0.15) is 0 Å². The predicted molar refractivity (Wildman–Crippen MR) is 83.4 cm³/mol. The van der Waals surface area contributed by atoms with E-state index in [0.29, 0.717) is 6.04 Å². The molecule has 1 aliphatic carbocycles. The van der Waals surface area contributed by atoms with Gasteiger partial charge in [-0.25, -0.2) is 0 Å². The molecule has 0 atom stereocenters. The molecule has 3 nitrogen and oxygen atoms in total. The van der Waals surface area contributed by atoms with Gasteiger partial charge in [-0.3, -0.25) is 9.69 Å². The number of hydrogen-bond acceptors (Lipinski definition) is 2. The molecule has 1 saturated heterocycles. The van der Waals surface area contributed by atoms with E-state index in [4.69, 9.17) is 0 Å². The average Bonchev–Trinajstić information content (AvgIpc) is 2.92. The third kappa shape index (κ3) is 2.71. The van der Waals surface area contributed by atoms with Crippen LogP contribution in [-0.4, -0.2) is 35.1 Å². The Morgan fingerprint density at radius 2 is 1.81 bits per heavy atom. The molecule has 0 bridgehead atoms. The van der Waals surface area contributed by atoms with Crippen molar-refractivity contribution in [2.45, 2.75) is 51.5 Å². The number of carboxylic acid groups (broad SMARTS) is 1. The van der Waals surface area contributed by atoms with Gasteiger partial charge in [-0.05, 0) is 56.3 Å². The second kappa shape index (κ2) is 5.80. The number of nitrogens with zero attached hydrogens (tertiary/aromatic N) is 1. The lowest BCUT2D eigenvalue weighted by Crippen LogP contribution is -2.48. The third-order valence-corrected chi connectivity index (χ3v) is 5.48. The van der Waals surface area contributed by atoms with Crippen molar-refractivity contribution in [3.8, 4) is 0 Å². The first-order valence-corrected chi connectivity index (χ1v) is 8.19. The second-order valence-electron chi connectivity index (χ2n) is 6.70. The van der Waals surface area contributed by atoms with Crippen molar-refractivity contribution >= 4 is 5.97 Å². The molecule has 3 rings (SSSR count). The smallest absolute Gasteiger partial charge is 0.309 e. The third-order valence-electron chi connectivity index (χ3n) is 5.48. The number of piperidine rings is 1. The Bertz CT molecular complexity index is 493. The first-order valence-electron chi connectivity index (χ1n) is 8.19. The van der Waals surface area contributed by atoms with Gasteiger partial charge in [0, 0.05) is 6.04 Å². The molecule has 21 heavy (non-hydrogen) atoms. The van der Waals surface area contributed by atoms with E-state index in [9.17, 15) is 9.90 Å². The minimum absolute atomic E-state index is 0.462. The van der Waals surface area contributed by atoms with Crippen LogP contribution in [0.2, 0.25) is 0 Å². The number of benzene rings is 1. The average molecular weight is 287 g/mol. The Hall–Kier alpha value is -1.35. The molecule has 0 radical (unpaired) electrons. The van der Waals surface area contributed by atoms with E-state index in [-0.39, 0.29) is 0 Å². The van der Waals surface area contributed by atoms with E-state index in [2.05, 4.69) is 36.1 Å². The summed E-state index contributed by atoms with van der Waals surface area (Å²) in [5, 5.41) is 9.59. The van der Waals surface area contributed by atoms with Gasteiger partial charge in [0.25, 0.3) is 0 Å². The van der Waals surface area contributed by atoms with Gasteiger partial charge >= 0.3 is 5.97 Å². The lowest BCUT2D eigenvalue weighted by Gasteiger charge is -2.41. The molecule has 1 N–H and O–H groups in total. The minimum Gasteiger partial charge on any atom is -0.481 e. The van der Waals surface area contributed by atoms with Crippen molar-refractivity contribution in [3.05, 3.63) is 35.4 Å². The van der Waals surface area contributed by atoms with E-state index >= 15 is 0 Å². The number of likely N-dealkylation sites (tertiary alicyclic amines) is 1. The molecule has 0 amide bonds. The maximum absolute atomic E-state index is 11.7. The highest BCUT2D eigenvalue weighted by Crippen LogP contribution is 2.38. The van der Waals surface area contributed by atoms with E-state index in [1.165, 1.54) is 11.1 Å². The number of rotatable bonds is 4. The SMILES string of the molecule is CCCC1(C(=O)O)CCN(C2Cc3ccccc3C2)CC1. The van der Waals surface area contributed by atoms with Crippen LogP contribution in [0.1, 0.15) is 43.7 Å². The molecule has 3 heteroatoms. The first kappa shape index (κ1) is 14.6. The molecule has 1 heterocycles. The molecule has 0 aromatic heterocycles. The fourth-order valence-electron chi connectivity index (χ4n) is 4.16. The lowest BCUT2D eigenvalue weighted by molar-refractivity contribution is -0.153. The van der Waals surface area contributed by atoms with Crippen molar-refractivity contribution in [1.29, 1.82) is 0 Å². The molecular formula is C18H25NO2.